The summed E-state index contributed by atoms with van der Waals surface area (Å²) >= 11 is 0. The molecule has 3 unspecified atom stereocenters. The van der Waals surface area contributed by atoms with Gasteiger partial charge < -0.3 is 4.74 Å². The smallest absolute Gasteiger partial charge is 0.186 e. The number of rotatable bonds is 5. The molecule has 6 rings (SSSR count). The minimum Gasteiger partial charge on any atom is -0.494 e. The van der Waals surface area contributed by atoms with Crippen LogP contribution in [0.2, 0.25) is 0 Å². The normalized spacial score (nSPS) is 22.2. The van der Waals surface area contributed by atoms with Gasteiger partial charge in [-0.25, -0.2) is 23.0 Å². The Kier molecular flexibility index (Phi) is 4.44. The van der Waals surface area contributed by atoms with Crippen LogP contribution < -0.4 is 4.74 Å². The quantitative estimate of drug-likeness (QED) is 0.468. The second-order valence-corrected chi connectivity index (χ2v) is 8.81. The maximum absolute atomic E-state index is 14.2. The van der Waals surface area contributed by atoms with Gasteiger partial charge in [-0.05, 0) is 49.1 Å². The van der Waals surface area contributed by atoms with Crippen molar-refractivity contribution in [1.82, 2.24) is 29.6 Å². The van der Waals surface area contributed by atoms with Crippen LogP contribution in [-0.2, 0) is 6.42 Å². The average molecular weight is 436 g/mol. The molecule has 2 fully saturated rings. The number of halogens is 2. The van der Waals surface area contributed by atoms with Crippen molar-refractivity contribution in [3.8, 4) is 23.0 Å². The Hall–Kier alpha value is -3.36. The fourth-order valence-corrected chi connectivity index (χ4v) is 5.47. The van der Waals surface area contributed by atoms with Crippen LogP contribution in [0.15, 0.2) is 36.5 Å². The van der Waals surface area contributed by atoms with Gasteiger partial charge >= 0.3 is 0 Å². The van der Waals surface area contributed by atoms with Crippen LogP contribution in [0.1, 0.15) is 31.5 Å². The molecule has 3 aromatic heterocycles. The van der Waals surface area contributed by atoms with E-state index in [2.05, 4.69) is 10.3 Å². The molecule has 0 amide bonds. The van der Waals surface area contributed by atoms with Crippen molar-refractivity contribution in [1.29, 1.82) is 0 Å². The summed E-state index contributed by atoms with van der Waals surface area (Å²) in [6.07, 6.45) is 7.65. The Balaban J connectivity index is 1.50. The number of hydrogen-bond donors (Lipinski definition) is 0. The van der Waals surface area contributed by atoms with E-state index in [1.54, 1.807) is 10.7 Å². The van der Waals surface area contributed by atoms with Gasteiger partial charge in [0.1, 0.15) is 11.4 Å². The van der Waals surface area contributed by atoms with Gasteiger partial charge in [-0.2, -0.15) is 5.10 Å². The first-order valence-electron chi connectivity index (χ1n) is 10.9. The summed E-state index contributed by atoms with van der Waals surface area (Å²) in [7, 11) is 1.41. The summed E-state index contributed by atoms with van der Waals surface area (Å²) in [4.78, 5) is 4.82. The highest BCUT2D eigenvalue weighted by Crippen LogP contribution is 2.49. The van der Waals surface area contributed by atoms with E-state index in [4.69, 9.17) is 14.8 Å². The highest BCUT2D eigenvalue weighted by molar-refractivity contribution is 5.73. The van der Waals surface area contributed by atoms with Crippen LogP contribution in [0, 0.1) is 29.4 Å². The first-order chi connectivity index (χ1) is 15.6. The maximum Gasteiger partial charge on any atom is 0.186 e. The zero-order valence-electron chi connectivity index (χ0n) is 17.6. The summed E-state index contributed by atoms with van der Waals surface area (Å²) in [5.41, 5.74) is 1.53. The molecule has 9 heteroatoms. The van der Waals surface area contributed by atoms with Crippen LogP contribution in [0.5, 0.6) is 5.75 Å². The van der Waals surface area contributed by atoms with Crippen LogP contribution in [0.4, 0.5) is 8.78 Å². The van der Waals surface area contributed by atoms with Crippen LogP contribution >= 0.6 is 0 Å². The first-order valence-corrected chi connectivity index (χ1v) is 10.9. The number of aromatic nitrogens is 6. The number of pyridine rings is 1. The van der Waals surface area contributed by atoms with Crippen LogP contribution in [0.3, 0.4) is 0 Å². The number of nitrogens with zero attached hydrogens (tertiary/aromatic N) is 6. The molecule has 2 aliphatic carbocycles. The summed E-state index contributed by atoms with van der Waals surface area (Å²) in [6.45, 7) is 0. The molecular formula is C23H22F2N6O. The Morgan fingerprint density at radius 1 is 1.12 bits per heavy atom. The van der Waals surface area contributed by atoms with Crippen molar-refractivity contribution in [2.24, 2.45) is 17.8 Å². The molecular weight excluding hydrogens is 414 g/mol. The van der Waals surface area contributed by atoms with E-state index in [0.717, 1.165) is 35.9 Å². The fraction of sp³-hybridized carbons (Fsp3) is 0.391. The van der Waals surface area contributed by atoms with Gasteiger partial charge in [-0.3, -0.25) is 0 Å². The van der Waals surface area contributed by atoms with Gasteiger partial charge in [0, 0.05) is 24.8 Å². The molecule has 2 saturated carbocycles. The topological polar surface area (TPSA) is 70.1 Å². The molecule has 164 valence electrons. The molecule has 3 heterocycles. The molecule has 2 bridgehead atoms. The Morgan fingerprint density at radius 3 is 2.78 bits per heavy atom. The highest BCUT2D eigenvalue weighted by Gasteiger charge is 2.40. The molecule has 2 aliphatic rings. The Morgan fingerprint density at radius 2 is 2.00 bits per heavy atom. The van der Waals surface area contributed by atoms with Gasteiger partial charge in [-0.15, -0.1) is 5.10 Å². The van der Waals surface area contributed by atoms with Crippen molar-refractivity contribution in [3.05, 3.63) is 54.0 Å². The van der Waals surface area contributed by atoms with E-state index in [9.17, 15) is 8.78 Å². The lowest BCUT2D eigenvalue weighted by molar-refractivity contribution is 0.326. The van der Waals surface area contributed by atoms with Gasteiger partial charge in [-0.1, -0.05) is 17.7 Å². The minimum atomic E-state index is -0.983. The largest absolute Gasteiger partial charge is 0.494 e. The van der Waals surface area contributed by atoms with E-state index in [-0.39, 0.29) is 11.4 Å². The molecule has 7 nitrogen and oxygen atoms in total. The second kappa shape index (κ2) is 7.36. The molecule has 3 atom stereocenters. The molecule has 0 aliphatic heterocycles. The van der Waals surface area contributed by atoms with E-state index >= 15 is 0 Å². The van der Waals surface area contributed by atoms with Crippen molar-refractivity contribution < 1.29 is 13.5 Å². The summed E-state index contributed by atoms with van der Waals surface area (Å²) in [5.74, 6) is 1.39. The molecule has 0 saturated heterocycles. The first kappa shape index (κ1) is 19.3. The van der Waals surface area contributed by atoms with Crippen molar-refractivity contribution in [3.63, 3.8) is 0 Å². The zero-order valence-corrected chi connectivity index (χ0v) is 17.6. The van der Waals surface area contributed by atoms with E-state index in [0.29, 0.717) is 23.3 Å². The summed E-state index contributed by atoms with van der Waals surface area (Å²) in [6, 6.07) is 7.73. The fourth-order valence-electron chi connectivity index (χ4n) is 5.47. The van der Waals surface area contributed by atoms with Crippen molar-refractivity contribution in [2.75, 3.05) is 7.11 Å². The SMILES string of the molecule is COc1cc(F)c(F)cc1-n1nc(CC2CC3CCC2C3)nc1-c1nnn2ccccc12. The monoisotopic (exact) mass is 436 g/mol. The Bertz CT molecular complexity index is 1320. The van der Waals surface area contributed by atoms with Crippen molar-refractivity contribution in [2.45, 2.75) is 32.1 Å². The third-order valence-electron chi connectivity index (χ3n) is 6.97. The van der Waals surface area contributed by atoms with Crippen molar-refractivity contribution >= 4 is 5.52 Å². The lowest BCUT2D eigenvalue weighted by Gasteiger charge is -2.19. The minimum absolute atomic E-state index is 0.165. The van der Waals surface area contributed by atoms with Gasteiger partial charge in [0.25, 0.3) is 0 Å². The third kappa shape index (κ3) is 3.06. The molecule has 32 heavy (non-hydrogen) atoms. The second-order valence-electron chi connectivity index (χ2n) is 8.81. The van der Waals surface area contributed by atoms with Gasteiger partial charge in [0.15, 0.2) is 29.0 Å². The predicted molar refractivity (Wildman–Crippen MR) is 112 cm³/mol. The lowest BCUT2D eigenvalue weighted by Crippen LogP contribution is -2.14. The molecule has 4 aromatic rings. The summed E-state index contributed by atoms with van der Waals surface area (Å²) < 4.78 is 36.6. The number of hydrogen-bond acceptors (Lipinski definition) is 5. The predicted octanol–water partition coefficient (Wildman–Crippen LogP) is 4.24. The highest BCUT2D eigenvalue weighted by atomic mass is 19.2. The van der Waals surface area contributed by atoms with E-state index in [1.165, 1.54) is 37.5 Å². The maximum atomic E-state index is 14.2. The summed E-state index contributed by atoms with van der Waals surface area (Å²) in [5, 5.41) is 13.2. The number of ether oxygens (including phenoxy) is 1. The number of fused-ring (bicyclic) bond motifs is 3. The number of methoxy groups -OCH3 is 1. The average Bonchev–Trinajstić information content (AvgIpc) is 3.58. The third-order valence-corrected chi connectivity index (χ3v) is 6.97. The van der Waals surface area contributed by atoms with Gasteiger partial charge in [0.05, 0.1) is 12.6 Å². The van der Waals surface area contributed by atoms with Gasteiger partial charge in [0.2, 0.25) is 0 Å². The zero-order chi connectivity index (χ0) is 21.8. The van der Waals surface area contributed by atoms with E-state index in [1.807, 2.05) is 18.2 Å². The van der Waals surface area contributed by atoms with Crippen LogP contribution in [0.25, 0.3) is 22.7 Å². The van der Waals surface area contributed by atoms with E-state index < -0.39 is 11.6 Å². The Labute approximate surface area is 183 Å². The molecule has 0 radical (unpaired) electrons. The standard InChI is InChI=1S/C23H22F2N6O/c1-32-20-12-17(25)16(24)11-19(20)31-23(22-18-4-2-3-7-30(18)29-27-22)26-21(28-31)10-15-9-13-5-6-14(15)8-13/h2-4,7,11-15H,5-6,8-10H2,1H3. The molecule has 0 N–H and O–H groups in total. The number of benzene rings is 1. The lowest BCUT2D eigenvalue weighted by atomic mass is 9.86. The molecule has 0 spiro atoms. The molecule has 1 aromatic carbocycles. The van der Waals surface area contributed by atoms with Crippen LogP contribution in [-0.4, -0.2) is 36.7 Å².